The van der Waals surface area contributed by atoms with Crippen molar-refractivity contribution in [3.05, 3.63) is 131 Å². The largest absolute Gasteiger partial charge is 0.337 e. The number of anilines is 2. The van der Waals surface area contributed by atoms with Crippen molar-refractivity contribution in [2.24, 2.45) is 9.98 Å². The van der Waals surface area contributed by atoms with Crippen LogP contribution in [0.15, 0.2) is 107 Å². The van der Waals surface area contributed by atoms with Crippen molar-refractivity contribution in [2.45, 2.75) is 53.0 Å². The SMILES string of the molecule is Cc1ccc(NC2=Nc3ccccc3N3C2=Nc2c(c(C)nn2-c2ccccc2)[C@@H]3c2ccc(C(C)(C)C)cc2)cc1C. The van der Waals surface area contributed by atoms with Crippen molar-refractivity contribution in [3.8, 4) is 5.69 Å². The highest BCUT2D eigenvalue weighted by Crippen LogP contribution is 2.48. The molecule has 0 saturated heterocycles. The lowest BCUT2D eigenvalue weighted by Crippen LogP contribution is -2.46. The van der Waals surface area contributed by atoms with Gasteiger partial charge in [0, 0.05) is 11.3 Å². The number of aliphatic imine (C=N–C) groups is 2. The van der Waals surface area contributed by atoms with Crippen LogP contribution in [0.4, 0.5) is 22.9 Å². The van der Waals surface area contributed by atoms with Crippen molar-refractivity contribution in [1.82, 2.24) is 9.78 Å². The summed E-state index contributed by atoms with van der Waals surface area (Å²) in [5, 5.41) is 8.70. The van der Waals surface area contributed by atoms with E-state index in [1.165, 1.54) is 22.3 Å². The Morgan fingerprint density at radius 1 is 0.744 bits per heavy atom. The van der Waals surface area contributed by atoms with Crippen molar-refractivity contribution >= 4 is 34.6 Å². The van der Waals surface area contributed by atoms with E-state index < -0.39 is 0 Å². The van der Waals surface area contributed by atoms with Crippen molar-refractivity contribution < 1.29 is 0 Å². The smallest absolute Gasteiger partial charge is 0.179 e. The average Bonchev–Trinajstić information content (AvgIpc) is 3.34. The summed E-state index contributed by atoms with van der Waals surface area (Å²) in [6, 6.07) is 33.9. The number of benzene rings is 4. The molecule has 2 aliphatic heterocycles. The van der Waals surface area contributed by atoms with Gasteiger partial charge < -0.3 is 10.2 Å². The Morgan fingerprint density at radius 2 is 1.47 bits per heavy atom. The maximum absolute atomic E-state index is 5.36. The third-order valence-electron chi connectivity index (χ3n) is 8.50. The fourth-order valence-electron chi connectivity index (χ4n) is 5.98. The van der Waals surface area contributed by atoms with Crippen LogP contribution in [0, 0.1) is 20.8 Å². The van der Waals surface area contributed by atoms with Crippen LogP contribution in [0.3, 0.4) is 0 Å². The van der Waals surface area contributed by atoms with Crippen LogP contribution < -0.4 is 10.2 Å². The molecular weight excluding hydrogens is 528 g/mol. The average molecular weight is 565 g/mol. The quantitative estimate of drug-likeness (QED) is 0.238. The number of rotatable bonds is 3. The Morgan fingerprint density at radius 3 is 2.19 bits per heavy atom. The predicted octanol–water partition coefficient (Wildman–Crippen LogP) is 8.89. The van der Waals surface area contributed by atoms with Gasteiger partial charge in [0.05, 0.1) is 28.8 Å². The first-order chi connectivity index (χ1) is 20.7. The fraction of sp³-hybridized carbons (Fsp3) is 0.216. The number of aryl methyl sites for hydroxylation is 3. The molecule has 7 rings (SSSR count). The van der Waals surface area contributed by atoms with Crippen LogP contribution in [0.5, 0.6) is 0 Å². The molecule has 0 fully saturated rings. The van der Waals surface area contributed by atoms with E-state index in [0.717, 1.165) is 45.7 Å². The van der Waals surface area contributed by atoms with E-state index in [9.17, 15) is 0 Å². The number of aromatic nitrogens is 2. The minimum atomic E-state index is -0.151. The molecule has 4 aromatic carbocycles. The maximum Gasteiger partial charge on any atom is 0.179 e. The van der Waals surface area contributed by atoms with Gasteiger partial charge in [-0.2, -0.15) is 5.10 Å². The molecule has 0 saturated carbocycles. The van der Waals surface area contributed by atoms with E-state index in [1.807, 2.05) is 28.9 Å². The molecule has 5 aromatic rings. The summed E-state index contributed by atoms with van der Waals surface area (Å²) in [6.07, 6.45) is 0. The van der Waals surface area contributed by atoms with Crippen LogP contribution in [-0.2, 0) is 5.41 Å². The molecule has 0 bridgehead atoms. The standard InChI is InChI=1S/C37H36N6/c1-23-16-21-28(22-24(23)2)38-34-36-40-35-32(25(3)41-43(35)29-12-8-7-9-13-29)33(26-17-19-27(20-18-26)37(4,5)6)42(36)31-15-11-10-14-30(31)39-34/h7-22,33H,1-6H3,(H,38,39)/t33-/m0/s1. The number of fused-ring (bicyclic) bond motifs is 4. The Labute approximate surface area is 253 Å². The fourth-order valence-corrected chi connectivity index (χ4v) is 5.98. The summed E-state index contributed by atoms with van der Waals surface area (Å²) >= 11 is 0. The molecule has 1 atom stereocenters. The van der Waals surface area contributed by atoms with Crippen LogP contribution in [-0.4, -0.2) is 21.5 Å². The Kier molecular flexibility index (Phi) is 6.31. The van der Waals surface area contributed by atoms with Gasteiger partial charge in [0.2, 0.25) is 0 Å². The zero-order valence-electron chi connectivity index (χ0n) is 25.6. The summed E-state index contributed by atoms with van der Waals surface area (Å²) in [5.41, 5.74) is 10.9. The Bertz CT molecular complexity index is 1910. The summed E-state index contributed by atoms with van der Waals surface area (Å²) in [4.78, 5) is 12.8. The van der Waals surface area contributed by atoms with Gasteiger partial charge in [-0.05, 0) is 84.8 Å². The van der Waals surface area contributed by atoms with E-state index in [-0.39, 0.29) is 11.5 Å². The van der Waals surface area contributed by atoms with Crippen molar-refractivity contribution in [3.63, 3.8) is 0 Å². The molecule has 43 heavy (non-hydrogen) atoms. The van der Waals surface area contributed by atoms with E-state index in [1.54, 1.807) is 0 Å². The highest BCUT2D eigenvalue weighted by Gasteiger charge is 2.41. The minimum Gasteiger partial charge on any atom is -0.337 e. The second kappa shape index (κ2) is 10.1. The number of para-hydroxylation sites is 3. The highest BCUT2D eigenvalue weighted by molar-refractivity contribution is 6.51. The number of hydrogen-bond acceptors (Lipinski definition) is 5. The summed E-state index contributed by atoms with van der Waals surface area (Å²) in [6.45, 7) is 13.1. The van der Waals surface area contributed by atoms with E-state index >= 15 is 0 Å². The molecular formula is C37H36N6. The molecule has 0 aliphatic carbocycles. The topological polar surface area (TPSA) is 57.8 Å². The molecule has 0 amide bonds. The van der Waals surface area contributed by atoms with Gasteiger partial charge in [0.1, 0.15) is 0 Å². The van der Waals surface area contributed by atoms with Crippen LogP contribution in [0.2, 0.25) is 0 Å². The third-order valence-corrected chi connectivity index (χ3v) is 8.50. The first kappa shape index (κ1) is 26.9. The zero-order valence-corrected chi connectivity index (χ0v) is 25.6. The van der Waals surface area contributed by atoms with Crippen molar-refractivity contribution in [2.75, 3.05) is 10.2 Å². The number of nitrogens with zero attached hydrogens (tertiary/aromatic N) is 5. The predicted molar refractivity (Wildman–Crippen MR) is 178 cm³/mol. The molecule has 1 N–H and O–H groups in total. The highest BCUT2D eigenvalue weighted by atomic mass is 15.4. The summed E-state index contributed by atoms with van der Waals surface area (Å²) in [7, 11) is 0. The van der Waals surface area contributed by atoms with Gasteiger partial charge in [-0.25, -0.2) is 14.7 Å². The first-order valence-corrected chi connectivity index (χ1v) is 14.8. The molecule has 6 nitrogen and oxygen atoms in total. The molecule has 2 aliphatic rings. The van der Waals surface area contributed by atoms with Crippen LogP contribution in [0.1, 0.15) is 60.3 Å². The maximum atomic E-state index is 5.36. The zero-order chi connectivity index (χ0) is 29.9. The van der Waals surface area contributed by atoms with E-state index in [2.05, 4.69) is 125 Å². The lowest BCUT2D eigenvalue weighted by atomic mass is 9.85. The first-order valence-electron chi connectivity index (χ1n) is 14.8. The van der Waals surface area contributed by atoms with Gasteiger partial charge in [0.25, 0.3) is 0 Å². The molecule has 3 heterocycles. The van der Waals surface area contributed by atoms with Crippen molar-refractivity contribution in [1.29, 1.82) is 0 Å². The van der Waals surface area contributed by atoms with E-state index in [4.69, 9.17) is 15.1 Å². The lowest BCUT2D eigenvalue weighted by molar-refractivity contribution is 0.589. The molecule has 214 valence electrons. The second-order valence-corrected chi connectivity index (χ2v) is 12.5. The van der Waals surface area contributed by atoms with Crippen LogP contribution >= 0.6 is 0 Å². The summed E-state index contributed by atoms with van der Waals surface area (Å²) in [5.74, 6) is 2.31. The number of hydrogen-bond donors (Lipinski definition) is 1. The lowest BCUT2D eigenvalue weighted by Gasteiger charge is -2.40. The van der Waals surface area contributed by atoms with Crippen LogP contribution in [0.25, 0.3) is 5.69 Å². The minimum absolute atomic E-state index is 0.0601. The molecule has 0 radical (unpaired) electrons. The van der Waals surface area contributed by atoms with Gasteiger partial charge in [-0.15, -0.1) is 0 Å². The molecule has 0 unspecified atom stereocenters. The second-order valence-electron chi connectivity index (χ2n) is 12.5. The number of amidine groups is 2. The molecule has 1 aromatic heterocycles. The van der Waals surface area contributed by atoms with Gasteiger partial charge in [0.15, 0.2) is 17.5 Å². The molecule has 0 spiro atoms. The molecule has 6 heteroatoms. The van der Waals surface area contributed by atoms with Gasteiger partial charge >= 0.3 is 0 Å². The van der Waals surface area contributed by atoms with Gasteiger partial charge in [-0.3, -0.25) is 0 Å². The monoisotopic (exact) mass is 564 g/mol. The Balaban J connectivity index is 1.47. The Hall–Kier alpha value is -4.97. The normalized spacial score (nSPS) is 15.7. The van der Waals surface area contributed by atoms with Gasteiger partial charge in [-0.1, -0.05) is 81.4 Å². The van der Waals surface area contributed by atoms with E-state index in [0.29, 0.717) is 5.84 Å². The summed E-state index contributed by atoms with van der Waals surface area (Å²) < 4.78 is 1.97. The third kappa shape index (κ3) is 4.63. The number of nitrogens with one attached hydrogen (secondary N) is 1.